The van der Waals surface area contributed by atoms with Gasteiger partial charge in [0.2, 0.25) is 11.8 Å². The minimum atomic E-state index is -0.231. The molecule has 2 N–H and O–H groups in total. The molecule has 0 spiro atoms. The van der Waals surface area contributed by atoms with Crippen LogP contribution in [-0.2, 0) is 16.1 Å². The molecule has 0 radical (unpaired) electrons. The van der Waals surface area contributed by atoms with Crippen LogP contribution >= 0.6 is 0 Å². The Morgan fingerprint density at radius 1 is 1.50 bits per heavy atom. The molecule has 1 saturated heterocycles. The van der Waals surface area contributed by atoms with Crippen LogP contribution in [0.4, 0.5) is 0 Å². The molecular formula is C15H22N4O3. The largest absolute Gasteiger partial charge is 0.349 e. The maximum absolute atomic E-state index is 12.2. The average molecular weight is 306 g/mol. The zero-order valence-electron chi connectivity index (χ0n) is 13.2. The van der Waals surface area contributed by atoms with Gasteiger partial charge >= 0.3 is 0 Å². The molecule has 1 aromatic heterocycles. The summed E-state index contributed by atoms with van der Waals surface area (Å²) in [6.45, 7) is 6.25. The van der Waals surface area contributed by atoms with Crippen molar-refractivity contribution in [3.8, 4) is 0 Å². The Balaban J connectivity index is 1.94. The number of amides is 2. The summed E-state index contributed by atoms with van der Waals surface area (Å²) >= 11 is 0. The number of nitrogens with zero attached hydrogens (tertiary/aromatic N) is 2. The van der Waals surface area contributed by atoms with Crippen molar-refractivity contribution in [2.24, 2.45) is 5.92 Å². The van der Waals surface area contributed by atoms with Gasteiger partial charge in [0.1, 0.15) is 5.82 Å². The van der Waals surface area contributed by atoms with Crippen LogP contribution < -0.4 is 10.9 Å². The van der Waals surface area contributed by atoms with E-state index >= 15 is 0 Å². The Bertz CT molecular complexity index is 623. The van der Waals surface area contributed by atoms with Gasteiger partial charge in [-0.25, -0.2) is 4.98 Å². The number of carbonyl (C=O) groups excluding carboxylic acids is 2. The van der Waals surface area contributed by atoms with Crippen LogP contribution in [-0.4, -0.2) is 39.3 Å². The summed E-state index contributed by atoms with van der Waals surface area (Å²) < 4.78 is 0. The zero-order valence-corrected chi connectivity index (χ0v) is 13.2. The Hall–Kier alpha value is -2.18. The van der Waals surface area contributed by atoms with E-state index in [1.807, 2.05) is 13.8 Å². The van der Waals surface area contributed by atoms with Crippen molar-refractivity contribution in [2.75, 3.05) is 6.54 Å². The summed E-state index contributed by atoms with van der Waals surface area (Å²) in [6, 6.07) is 1.50. The molecule has 0 aliphatic carbocycles. The maximum atomic E-state index is 12.2. The molecule has 120 valence electrons. The fourth-order valence-electron chi connectivity index (χ4n) is 2.62. The van der Waals surface area contributed by atoms with Gasteiger partial charge in [0.15, 0.2) is 0 Å². The third-order valence-electron chi connectivity index (χ3n) is 3.79. The summed E-state index contributed by atoms with van der Waals surface area (Å²) in [4.78, 5) is 43.9. The molecule has 7 nitrogen and oxygen atoms in total. The van der Waals surface area contributed by atoms with Gasteiger partial charge in [0, 0.05) is 30.8 Å². The summed E-state index contributed by atoms with van der Waals surface area (Å²) in [7, 11) is 0. The van der Waals surface area contributed by atoms with E-state index in [-0.39, 0.29) is 35.9 Å². The van der Waals surface area contributed by atoms with Crippen LogP contribution in [0.5, 0.6) is 0 Å². The second-order valence-corrected chi connectivity index (χ2v) is 5.93. The smallest absolute Gasteiger partial charge is 0.251 e. The summed E-state index contributed by atoms with van der Waals surface area (Å²) in [5.41, 5.74) is 0.383. The van der Waals surface area contributed by atoms with Crippen LogP contribution in [0.1, 0.15) is 38.2 Å². The maximum Gasteiger partial charge on any atom is 0.251 e. The predicted octanol–water partition coefficient (Wildman–Crippen LogP) is 0.342. The normalized spacial score (nSPS) is 18.6. The van der Waals surface area contributed by atoms with Gasteiger partial charge in [-0.1, -0.05) is 0 Å². The van der Waals surface area contributed by atoms with Gasteiger partial charge in [-0.15, -0.1) is 0 Å². The highest BCUT2D eigenvalue weighted by molar-refractivity contribution is 5.83. The molecule has 0 bridgehead atoms. The van der Waals surface area contributed by atoms with E-state index in [0.29, 0.717) is 30.9 Å². The molecule has 1 aliphatic rings. The van der Waals surface area contributed by atoms with Crippen molar-refractivity contribution in [1.82, 2.24) is 20.2 Å². The number of H-pyrrole nitrogens is 1. The quantitative estimate of drug-likeness (QED) is 0.838. The highest BCUT2D eigenvalue weighted by Crippen LogP contribution is 2.19. The second kappa shape index (κ2) is 6.72. The van der Waals surface area contributed by atoms with Crippen molar-refractivity contribution in [3.05, 3.63) is 27.9 Å². The number of aryl methyl sites for hydroxylation is 1. The van der Waals surface area contributed by atoms with Crippen molar-refractivity contribution >= 4 is 11.8 Å². The number of hydrogen-bond acceptors (Lipinski definition) is 4. The van der Waals surface area contributed by atoms with Crippen LogP contribution in [0.3, 0.4) is 0 Å². The molecular weight excluding hydrogens is 284 g/mol. The summed E-state index contributed by atoms with van der Waals surface area (Å²) in [5.74, 6) is 0.216. The Morgan fingerprint density at radius 3 is 2.86 bits per heavy atom. The van der Waals surface area contributed by atoms with Crippen LogP contribution in [0.15, 0.2) is 10.9 Å². The molecule has 22 heavy (non-hydrogen) atoms. The number of nitrogens with one attached hydrogen (secondary N) is 2. The zero-order chi connectivity index (χ0) is 16.3. The minimum Gasteiger partial charge on any atom is -0.349 e. The Morgan fingerprint density at radius 2 is 2.23 bits per heavy atom. The summed E-state index contributed by atoms with van der Waals surface area (Å²) in [6.07, 6.45) is 0.960. The van der Waals surface area contributed by atoms with E-state index in [0.717, 1.165) is 0 Å². The first-order chi connectivity index (χ1) is 10.4. The highest BCUT2D eigenvalue weighted by Gasteiger charge is 2.31. The molecule has 0 aromatic carbocycles. The number of piperidine rings is 1. The molecule has 1 atom stereocenters. The predicted molar refractivity (Wildman–Crippen MR) is 81.0 cm³/mol. The lowest BCUT2D eigenvalue weighted by atomic mass is 9.95. The van der Waals surface area contributed by atoms with Crippen molar-refractivity contribution < 1.29 is 9.59 Å². The van der Waals surface area contributed by atoms with E-state index in [2.05, 4.69) is 15.3 Å². The van der Waals surface area contributed by atoms with E-state index in [4.69, 9.17) is 0 Å². The van der Waals surface area contributed by atoms with Crippen molar-refractivity contribution in [3.63, 3.8) is 0 Å². The number of aromatic amines is 1. The molecule has 2 heterocycles. The van der Waals surface area contributed by atoms with Gasteiger partial charge in [-0.05, 0) is 27.2 Å². The number of carbonyl (C=O) groups is 2. The second-order valence-electron chi connectivity index (χ2n) is 5.93. The third kappa shape index (κ3) is 3.93. The third-order valence-corrected chi connectivity index (χ3v) is 3.79. The number of hydrogen-bond donors (Lipinski definition) is 2. The van der Waals surface area contributed by atoms with Crippen molar-refractivity contribution in [1.29, 1.82) is 0 Å². The first-order valence-electron chi connectivity index (χ1n) is 7.51. The Kier molecular flexibility index (Phi) is 4.95. The first-order valence-corrected chi connectivity index (χ1v) is 7.51. The monoisotopic (exact) mass is 306 g/mol. The topological polar surface area (TPSA) is 95.2 Å². The fraction of sp³-hybridized carbons (Fsp3) is 0.600. The van der Waals surface area contributed by atoms with Crippen molar-refractivity contribution in [2.45, 2.75) is 46.2 Å². The minimum absolute atomic E-state index is 0.0953. The molecule has 1 aliphatic heterocycles. The van der Waals surface area contributed by atoms with E-state index < -0.39 is 0 Å². The lowest BCUT2D eigenvalue weighted by Crippen LogP contribution is -2.48. The molecule has 0 saturated carbocycles. The van der Waals surface area contributed by atoms with E-state index in [9.17, 15) is 14.4 Å². The van der Waals surface area contributed by atoms with E-state index in [1.165, 1.54) is 6.07 Å². The molecule has 1 fully saturated rings. The lowest BCUT2D eigenvalue weighted by Gasteiger charge is -2.34. The van der Waals surface area contributed by atoms with Gasteiger partial charge in [0.05, 0.1) is 12.5 Å². The molecule has 2 amide bonds. The molecule has 1 aromatic rings. The Labute approximate surface area is 129 Å². The van der Waals surface area contributed by atoms with Gasteiger partial charge < -0.3 is 15.2 Å². The number of likely N-dealkylation sites (tertiary alicyclic amines) is 1. The van der Waals surface area contributed by atoms with Crippen LogP contribution in [0.2, 0.25) is 0 Å². The number of aromatic nitrogens is 2. The van der Waals surface area contributed by atoms with E-state index in [1.54, 1.807) is 11.8 Å². The molecule has 2 rings (SSSR count). The average Bonchev–Trinajstić information content (AvgIpc) is 2.44. The highest BCUT2D eigenvalue weighted by atomic mass is 16.2. The van der Waals surface area contributed by atoms with Gasteiger partial charge in [-0.3, -0.25) is 14.4 Å². The number of rotatable bonds is 4. The van der Waals surface area contributed by atoms with Gasteiger partial charge in [-0.2, -0.15) is 0 Å². The SMILES string of the molecule is Cc1cc(=O)[nH]c(CNC(=O)[C@H]2CCC(=O)N(C(C)C)C2)n1. The lowest BCUT2D eigenvalue weighted by molar-refractivity contribution is -0.140. The molecule has 7 heteroatoms. The van der Waals surface area contributed by atoms with Gasteiger partial charge in [0.25, 0.3) is 5.56 Å². The summed E-state index contributed by atoms with van der Waals surface area (Å²) in [5, 5.41) is 2.79. The van der Waals surface area contributed by atoms with Crippen LogP contribution in [0, 0.1) is 12.8 Å². The standard InChI is InChI=1S/C15H22N4O3/c1-9(2)19-8-11(4-5-14(19)21)15(22)16-7-12-17-10(3)6-13(20)18-12/h6,9,11H,4-5,7-8H2,1-3H3,(H,16,22)(H,17,18,20)/t11-/m0/s1. The van der Waals surface area contributed by atoms with Crippen LogP contribution in [0.25, 0.3) is 0 Å². The fourth-order valence-corrected chi connectivity index (χ4v) is 2.62. The first kappa shape index (κ1) is 16.2. The molecule has 0 unspecified atom stereocenters.